The summed E-state index contributed by atoms with van der Waals surface area (Å²) in [6.45, 7) is 5.12. The van der Waals surface area contributed by atoms with E-state index < -0.39 is 0 Å². The van der Waals surface area contributed by atoms with Crippen molar-refractivity contribution in [1.29, 1.82) is 0 Å². The molecule has 3 nitrogen and oxygen atoms in total. The van der Waals surface area contributed by atoms with Gasteiger partial charge in [0.15, 0.2) is 0 Å². The topological polar surface area (TPSA) is 33.3 Å². The zero-order chi connectivity index (χ0) is 9.36. The first kappa shape index (κ1) is 11.0. The Balaban J connectivity index is 1.68. The zero-order valence-electron chi connectivity index (χ0n) is 8.64. The Bertz CT molecular complexity index is 115. The summed E-state index contributed by atoms with van der Waals surface area (Å²) in [5.41, 5.74) is 0. The van der Waals surface area contributed by atoms with Crippen molar-refractivity contribution in [3.63, 3.8) is 0 Å². The fourth-order valence-corrected chi connectivity index (χ4v) is 1.48. The van der Waals surface area contributed by atoms with Gasteiger partial charge in [-0.15, -0.1) is 0 Å². The third kappa shape index (κ3) is 5.24. The van der Waals surface area contributed by atoms with Crippen molar-refractivity contribution in [3.8, 4) is 0 Å². The van der Waals surface area contributed by atoms with Gasteiger partial charge in [0, 0.05) is 26.7 Å². The summed E-state index contributed by atoms with van der Waals surface area (Å²) in [6, 6.07) is 0. The molecule has 0 aliphatic heterocycles. The number of ether oxygens (including phenoxy) is 1. The molecular formula is C10H22N2O. The third-order valence-corrected chi connectivity index (χ3v) is 2.62. The van der Waals surface area contributed by atoms with Crippen molar-refractivity contribution in [1.82, 2.24) is 10.6 Å². The predicted octanol–water partition coefficient (Wildman–Crippen LogP) is 0.612. The molecule has 2 N–H and O–H groups in total. The van der Waals surface area contributed by atoms with E-state index in [4.69, 9.17) is 4.74 Å². The normalized spacial score (nSPS) is 17.3. The van der Waals surface area contributed by atoms with Crippen LogP contribution < -0.4 is 10.6 Å². The van der Waals surface area contributed by atoms with Gasteiger partial charge >= 0.3 is 0 Å². The van der Waals surface area contributed by atoms with E-state index in [1.807, 2.05) is 0 Å². The largest absolute Gasteiger partial charge is 0.383 e. The number of hydrogen-bond acceptors (Lipinski definition) is 3. The monoisotopic (exact) mass is 186 g/mol. The van der Waals surface area contributed by atoms with Crippen molar-refractivity contribution < 1.29 is 4.74 Å². The molecule has 1 saturated carbocycles. The van der Waals surface area contributed by atoms with E-state index in [1.54, 1.807) is 7.11 Å². The molecule has 0 aromatic heterocycles. The summed E-state index contributed by atoms with van der Waals surface area (Å²) in [6.07, 6.45) is 4.31. The number of nitrogens with one attached hydrogen (secondary N) is 2. The van der Waals surface area contributed by atoms with Gasteiger partial charge < -0.3 is 15.4 Å². The van der Waals surface area contributed by atoms with E-state index in [-0.39, 0.29) is 0 Å². The highest BCUT2D eigenvalue weighted by Crippen LogP contribution is 2.24. The molecule has 0 heterocycles. The van der Waals surface area contributed by atoms with Crippen LogP contribution in [0.1, 0.15) is 19.3 Å². The lowest BCUT2D eigenvalue weighted by atomic mass is 9.85. The highest BCUT2D eigenvalue weighted by atomic mass is 16.5. The quantitative estimate of drug-likeness (QED) is 0.545. The van der Waals surface area contributed by atoms with Crippen LogP contribution in [0.2, 0.25) is 0 Å². The van der Waals surface area contributed by atoms with E-state index in [2.05, 4.69) is 10.6 Å². The maximum Gasteiger partial charge on any atom is 0.0587 e. The maximum absolute atomic E-state index is 4.93. The van der Waals surface area contributed by atoms with Crippen LogP contribution in [0.15, 0.2) is 0 Å². The summed E-state index contributed by atoms with van der Waals surface area (Å²) in [7, 11) is 1.73. The molecule has 1 fully saturated rings. The molecule has 0 atom stereocenters. The summed E-state index contributed by atoms with van der Waals surface area (Å²) in [5.74, 6) is 0.971. The molecule has 0 aromatic rings. The van der Waals surface area contributed by atoms with Gasteiger partial charge in [-0.3, -0.25) is 0 Å². The first-order chi connectivity index (χ1) is 6.43. The molecule has 0 spiro atoms. The number of rotatable bonds is 8. The Labute approximate surface area is 81.2 Å². The summed E-state index contributed by atoms with van der Waals surface area (Å²) >= 11 is 0. The molecule has 0 amide bonds. The fraction of sp³-hybridized carbons (Fsp3) is 1.00. The lowest BCUT2D eigenvalue weighted by Crippen LogP contribution is -2.33. The van der Waals surface area contributed by atoms with Crippen molar-refractivity contribution in [2.75, 3.05) is 39.9 Å². The Kier molecular flexibility index (Phi) is 6.15. The van der Waals surface area contributed by atoms with Crippen molar-refractivity contribution >= 4 is 0 Å². The van der Waals surface area contributed by atoms with Crippen LogP contribution in [0.4, 0.5) is 0 Å². The summed E-state index contributed by atoms with van der Waals surface area (Å²) < 4.78 is 4.93. The Morgan fingerprint density at radius 2 is 1.92 bits per heavy atom. The standard InChI is InChI=1S/C10H22N2O/c1-13-8-7-11-5-6-12-9-10-3-2-4-10/h10-12H,2-9H2,1H3. The van der Waals surface area contributed by atoms with E-state index in [9.17, 15) is 0 Å². The minimum absolute atomic E-state index is 0.808. The first-order valence-electron chi connectivity index (χ1n) is 5.34. The van der Waals surface area contributed by atoms with Gasteiger partial charge in [-0.2, -0.15) is 0 Å². The first-order valence-corrected chi connectivity index (χ1v) is 5.34. The maximum atomic E-state index is 4.93. The lowest BCUT2D eigenvalue weighted by Gasteiger charge is -2.25. The predicted molar refractivity (Wildman–Crippen MR) is 55.0 cm³/mol. The third-order valence-electron chi connectivity index (χ3n) is 2.62. The Hall–Kier alpha value is -0.120. The van der Waals surface area contributed by atoms with Crippen molar-refractivity contribution in [2.24, 2.45) is 5.92 Å². The molecule has 1 aliphatic rings. The van der Waals surface area contributed by atoms with Crippen LogP contribution >= 0.6 is 0 Å². The van der Waals surface area contributed by atoms with E-state index in [0.717, 1.165) is 32.2 Å². The molecule has 0 aromatic carbocycles. The number of hydrogen-bond donors (Lipinski definition) is 2. The second-order valence-electron chi connectivity index (χ2n) is 3.74. The molecule has 0 unspecified atom stereocenters. The Morgan fingerprint density at radius 3 is 2.54 bits per heavy atom. The highest BCUT2D eigenvalue weighted by Gasteiger charge is 2.15. The van der Waals surface area contributed by atoms with Crippen LogP contribution in [-0.4, -0.2) is 39.9 Å². The molecular weight excluding hydrogens is 164 g/mol. The van der Waals surface area contributed by atoms with Crippen LogP contribution in [0.3, 0.4) is 0 Å². The van der Waals surface area contributed by atoms with E-state index >= 15 is 0 Å². The van der Waals surface area contributed by atoms with Gasteiger partial charge in [0.05, 0.1) is 6.61 Å². The smallest absolute Gasteiger partial charge is 0.0587 e. The molecule has 13 heavy (non-hydrogen) atoms. The van der Waals surface area contributed by atoms with Gasteiger partial charge in [0.25, 0.3) is 0 Å². The van der Waals surface area contributed by atoms with Crippen LogP contribution in [0.5, 0.6) is 0 Å². The van der Waals surface area contributed by atoms with Crippen LogP contribution in [0.25, 0.3) is 0 Å². The molecule has 3 heteroatoms. The number of methoxy groups -OCH3 is 1. The average molecular weight is 186 g/mol. The second kappa shape index (κ2) is 7.30. The summed E-state index contributed by atoms with van der Waals surface area (Å²) in [5, 5.41) is 6.77. The SMILES string of the molecule is COCCNCCNCC1CCC1. The van der Waals surface area contributed by atoms with E-state index in [0.29, 0.717) is 0 Å². The van der Waals surface area contributed by atoms with Gasteiger partial charge in [-0.05, 0) is 25.3 Å². The van der Waals surface area contributed by atoms with Crippen LogP contribution in [-0.2, 0) is 4.74 Å². The fourth-order valence-electron chi connectivity index (χ4n) is 1.48. The molecule has 0 saturated heterocycles. The average Bonchev–Trinajstić information content (AvgIpc) is 2.07. The van der Waals surface area contributed by atoms with Gasteiger partial charge in [0.1, 0.15) is 0 Å². The Morgan fingerprint density at radius 1 is 1.15 bits per heavy atom. The molecule has 0 bridgehead atoms. The molecule has 0 radical (unpaired) electrons. The highest BCUT2D eigenvalue weighted by molar-refractivity contribution is 4.71. The minimum Gasteiger partial charge on any atom is -0.383 e. The van der Waals surface area contributed by atoms with Crippen LogP contribution in [0, 0.1) is 5.92 Å². The van der Waals surface area contributed by atoms with Gasteiger partial charge in [-0.25, -0.2) is 0 Å². The molecule has 1 rings (SSSR count). The van der Waals surface area contributed by atoms with Crippen molar-refractivity contribution in [3.05, 3.63) is 0 Å². The van der Waals surface area contributed by atoms with Gasteiger partial charge in [-0.1, -0.05) is 6.42 Å². The zero-order valence-corrected chi connectivity index (χ0v) is 8.64. The summed E-state index contributed by atoms with van der Waals surface area (Å²) in [4.78, 5) is 0. The van der Waals surface area contributed by atoms with Gasteiger partial charge in [0.2, 0.25) is 0 Å². The minimum atomic E-state index is 0.808. The lowest BCUT2D eigenvalue weighted by molar-refractivity contribution is 0.199. The molecule has 1 aliphatic carbocycles. The van der Waals surface area contributed by atoms with Crippen molar-refractivity contribution in [2.45, 2.75) is 19.3 Å². The van der Waals surface area contributed by atoms with E-state index in [1.165, 1.54) is 25.8 Å². The second-order valence-corrected chi connectivity index (χ2v) is 3.74. The molecule has 78 valence electrons.